The molecule has 14 heavy (non-hydrogen) atoms. The maximum atomic E-state index is 9.24. The minimum absolute atomic E-state index is 0.0325. The van der Waals surface area contributed by atoms with Crippen molar-refractivity contribution in [2.45, 2.75) is 12.1 Å². The molecule has 2 rings (SSSR count). The number of benzene rings is 1. The molecule has 1 heterocycles. The van der Waals surface area contributed by atoms with Crippen LogP contribution in [0.5, 0.6) is 0 Å². The Morgan fingerprint density at radius 2 is 2.07 bits per heavy atom. The van der Waals surface area contributed by atoms with Crippen LogP contribution in [0.2, 0.25) is 0 Å². The summed E-state index contributed by atoms with van der Waals surface area (Å²) in [6.07, 6.45) is 0. The molecule has 1 aliphatic heterocycles. The molecule has 1 fully saturated rings. The molecule has 0 bridgehead atoms. The molecule has 0 spiro atoms. The van der Waals surface area contributed by atoms with Gasteiger partial charge < -0.3 is 15.2 Å². The fraction of sp³-hybridized carbons (Fsp3) is 0.455. The third kappa shape index (κ3) is 2.12. The van der Waals surface area contributed by atoms with Crippen LogP contribution in [0.1, 0.15) is 11.6 Å². The van der Waals surface area contributed by atoms with Gasteiger partial charge in [0, 0.05) is 0 Å². The van der Waals surface area contributed by atoms with Crippen LogP contribution in [-0.2, 0) is 4.74 Å². The maximum absolute atomic E-state index is 9.24. The van der Waals surface area contributed by atoms with Crippen LogP contribution in [0.25, 0.3) is 0 Å². The molecular weight excluding hydrogens is 178 g/mol. The fourth-order valence-corrected chi connectivity index (χ4v) is 1.56. The van der Waals surface area contributed by atoms with Crippen molar-refractivity contribution >= 4 is 0 Å². The average molecular weight is 193 g/mol. The molecule has 1 atom stereocenters. The number of aliphatic hydroxyl groups excluding tert-OH is 1. The topological polar surface area (TPSA) is 41.5 Å². The first-order chi connectivity index (χ1) is 6.90. The van der Waals surface area contributed by atoms with Gasteiger partial charge in [-0.1, -0.05) is 30.3 Å². The molecule has 1 aromatic rings. The Kier molecular flexibility index (Phi) is 3.14. The predicted octanol–water partition coefficient (Wildman–Crippen LogP) is 0.708. The molecule has 76 valence electrons. The Morgan fingerprint density at radius 3 is 2.57 bits per heavy atom. The van der Waals surface area contributed by atoms with Gasteiger partial charge in [-0.25, -0.2) is 0 Å². The van der Waals surface area contributed by atoms with Crippen molar-refractivity contribution in [3.05, 3.63) is 35.9 Å². The smallest absolute Gasteiger partial charge is 0.0643 e. The largest absolute Gasteiger partial charge is 0.394 e. The van der Waals surface area contributed by atoms with Gasteiger partial charge in [-0.3, -0.25) is 0 Å². The number of ether oxygens (including phenoxy) is 1. The number of hydrogen-bond donors (Lipinski definition) is 2. The highest BCUT2D eigenvalue weighted by molar-refractivity contribution is 5.19. The van der Waals surface area contributed by atoms with Gasteiger partial charge in [0.05, 0.1) is 31.9 Å². The van der Waals surface area contributed by atoms with Gasteiger partial charge in [0.25, 0.3) is 0 Å². The van der Waals surface area contributed by atoms with E-state index in [-0.39, 0.29) is 12.6 Å². The van der Waals surface area contributed by atoms with Gasteiger partial charge in [0.15, 0.2) is 0 Å². The average Bonchev–Trinajstić information content (AvgIpc) is 2.18. The van der Waals surface area contributed by atoms with E-state index in [0.29, 0.717) is 6.04 Å². The van der Waals surface area contributed by atoms with Crippen LogP contribution in [0, 0.1) is 0 Å². The number of rotatable bonds is 4. The second-order valence-electron chi connectivity index (χ2n) is 3.55. The molecule has 0 aromatic heterocycles. The zero-order valence-corrected chi connectivity index (χ0v) is 8.02. The van der Waals surface area contributed by atoms with Crippen LogP contribution < -0.4 is 5.32 Å². The quantitative estimate of drug-likeness (QED) is 0.740. The van der Waals surface area contributed by atoms with Crippen LogP contribution in [-0.4, -0.2) is 31.0 Å². The Labute approximate surface area is 83.7 Å². The van der Waals surface area contributed by atoms with Gasteiger partial charge in [-0.05, 0) is 5.56 Å². The summed E-state index contributed by atoms with van der Waals surface area (Å²) in [7, 11) is 0. The minimum atomic E-state index is 0.0325. The molecule has 3 nitrogen and oxygen atoms in total. The first-order valence-corrected chi connectivity index (χ1v) is 4.90. The van der Waals surface area contributed by atoms with Crippen molar-refractivity contribution in [2.75, 3.05) is 19.8 Å². The van der Waals surface area contributed by atoms with Crippen molar-refractivity contribution in [1.82, 2.24) is 5.32 Å². The van der Waals surface area contributed by atoms with Crippen LogP contribution >= 0.6 is 0 Å². The molecular formula is C11H15NO2. The summed E-state index contributed by atoms with van der Waals surface area (Å²) >= 11 is 0. The van der Waals surface area contributed by atoms with E-state index in [0.717, 1.165) is 18.8 Å². The first-order valence-electron chi connectivity index (χ1n) is 4.90. The van der Waals surface area contributed by atoms with Gasteiger partial charge in [-0.15, -0.1) is 0 Å². The van der Waals surface area contributed by atoms with E-state index in [2.05, 4.69) is 5.32 Å². The van der Waals surface area contributed by atoms with Crippen LogP contribution in [0.3, 0.4) is 0 Å². The molecule has 0 radical (unpaired) electrons. The monoisotopic (exact) mass is 193 g/mol. The lowest BCUT2D eigenvalue weighted by Crippen LogP contribution is -2.48. The molecule has 1 unspecified atom stereocenters. The zero-order chi connectivity index (χ0) is 9.80. The third-order valence-electron chi connectivity index (χ3n) is 2.46. The normalized spacial score (nSPS) is 18.9. The van der Waals surface area contributed by atoms with Crippen molar-refractivity contribution < 1.29 is 9.84 Å². The van der Waals surface area contributed by atoms with Crippen molar-refractivity contribution in [3.63, 3.8) is 0 Å². The van der Waals surface area contributed by atoms with Crippen molar-refractivity contribution in [2.24, 2.45) is 0 Å². The van der Waals surface area contributed by atoms with Crippen molar-refractivity contribution in [3.8, 4) is 0 Å². The Bertz CT molecular complexity index is 272. The van der Waals surface area contributed by atoms with Crippen LogP contribution in [0.4, 0.5) is 0 Å². The second kappa shape index (κ2) is 4.55. The summed E-state index contributed by atoms with van der Waals surface area (Å²) in [5, 5.41) is 12.6. The summed E-state index contributed by atoms with van der Waals surface area (Å²) < 4.78 is 5.07. The van der Waals surface area contributed by atoms with Gasteiger partial charge in [0.2, 0.25) is 0 Å². The summed E-state index contributed by atoms with van der Waals surface area (Å²) in [6, 6.07) is 10.4. The van der Waals surface area contributed by atoms with Crippen LogP contribution in [0.15, 0.2) is 30.3 Å². The molecule has 1 aromatic carbocycles. The van der Waals surface area contributed by atoms with E-state index in [4.69, 9.17) is 4.74 Å². The minimum Gasteiger partial charge on any atom is -0.394 e. The van der Waals surface area contributed by atoms with E-state index in [9.17, 15) is 5.11 Å². The van der Waals surface area contributed by atoms with Gasteiger partial charge in [-0.2, -0.15) is 0 Å². The number of aliphatic hydroxyl groups is 1. The molecule has 1 saturated heterocycles. The summed E-state index contributed by atoms with van der Waals surface area (Å²) in [5.41, 5.74) is 1.13. The predicted molar refractivity (Wildman–Crippen MR) is 54.0 cm³/mol. The lowest BCUT2D eigenvalue weighted by molar-refractivity contribution is -0.0132. The van der Waals surface area contributed by atoms with E-state index in [1.54, 1.807) is 0 Å². The van der Waals surface area contributed by atoms with Gasteiger partial charge in [0.1, 0.15) is 0 Å². The standard InChI is InChI=1S/C11H15NO2/c13-6-11(12-10-7-14-8-10)9-4-2-1-3-5-9/h1-5,10-13H,6-8H2. The Balaban J connectivity index is 1.98. The molecule has 0 amide bonds. The molecule has 1 aliphatic rings. The van der Waals surface area contributed by atoms with Gasteiger partial charge >= 0.3 is 0 Å². The highest BCUT2D eigenvalue weighted by atomic mass is 16.5. The third-order valence-corrected chi connectivity index (χ3v) is 2.46. The summed E-state index contributed by atoms with van der Waals surface area (Å²) in [6.45, 7) is 1.63. The van der Waals surface area contributed by atoms with E-state index in [1.807, 2.05) is 30.3 Å². The van der Waals surface area contributed by atoms with Crippen molar-refractivity contribution in [1.29, 1.82) is 0 Å². The summed E-state index contributed by atoms with van der Waals surface area (Å²) in [5.74, 6) is 0. The molecule has 0 aliphatic carbocycles. The highest BCUT2D eigenvalue weighted by Gasteiger charge is 2.22. The lowest BCUT2D eigenvalue weighted by Gasteiger charge is -2.31. The van der Waals surface area contributed by atoms with E-state index in [1.165, 1.54) is 0 Å². The Morgan fingerprint density at radius 1 is 1.36 bits per heavy atom. The van der Waals surface area contributed by atoms with E-state index >= 15 is 0 Å². The number of hydrogen-bond acceptors (Lipinski definition) is 3. The summed E-state index contributed by atoms with van der Waals surface area (Å²) in [4.78, 5) is 0. The van der Waals surface area contributed by atoms with E-state index < -0.39 is 0 Å². The number of nitrogens with one attached hydrogen (secondary N) is 1. The zero-order valence-electron chi connectivity index (χ0n) is 8.02. The fourth-order valence-electron chi connectivity index (χ4n) is 1.56. The lowest BCUT2D eigenvalue weighted by atomic mass is 10.1. The second-order valence-corrected chi connectivity index (χ2v) is 3.55. The molecule has 2 N–H and O–H groups in total. The first kappa shape index (κ1) is 9.65. The molecule has 3 heteroatoms. The highest BCUT2D eigenvalue weighted by Crippen LogP contribution is 2.14. The Hall–Kier alpha value is -0.900. The maximum Gasteiger partial charge on any atom is 0.0643 e. The molecule has 0 saturated carbocycles. The SMILES string of the molecule is OCC(NC1COC1)c1ccccc1.